The molecule has 0 spiro atoms. The van der Waals surface area contributed by atoms with E-state index < -0.39 is 26.3 Å². The van der Waals surface area contributed by atoms with Crippen LogP contribution in [0.3, 0.4) is 0 Å². The molecule has 5 amide bonds. The Bertz CT molecular complexity index is 5550. The number of rotatable bonds is 26. The number of cyclic esters (lactones) is 3. The molecule has 0 bridgehead atoms. The summed E-state index contributed by atoms with van der Waals surface area (Å²) in [6, 6.07) is 40.3. The highest BCUT2D eigenvalue weighted by Crippen LogP contribution is 2.32. The van der Waals surface area contributed by atoms with E-state index in [4.69, 9.17) is 70.0 Å². The highest BCUT2D eigenvalue weighted by atomic mass is 35.5. The highest BCUT2D eigenvalue weighted by molar-refractivity contribution is 6.66. The Labute approximate surface area is 868 Å². The molecule has 796 valence electrons. The third-order valence-corrected chi connectivity index (χ3v) is 24.1. The van der Waals surface area contributed by atoms with Crippen LogP contribution in [0, 0.1) is 58.2 Å². The van der Waals surface area contributed by atoms with Gasteiger partial charge in [0.25, 0.3) is 22.7 Å². The van der Waals surface area contributed by atoms with Crippen LogP contribution in [0.5, 0.6) is 0 Å². The summed E-state index contributed by atoms with van der Waals surface area (Å²) >= 11 is 15.9. The molecule has 0 radical (unpaired) electrons. The molecule has 11 heterocycles. The van der Waals surface area contributed by atoms with Gasteiger partial charge in [0.15, 0.2) is 0 Å². The van der Waals surface area contributed by atoms with Crippen LogP contribution in [0.4, 0.5) is 81.8 Å². The Morgan fingerprint density at radius 2 is 0.795 bits per heavy atom. The van der Waals surface area contributed by atoms with Gasteiger partial charge >= 0.3 is 30.5 Å². The van der Waals surface area contributed by atoms with Crippen molar-refractivity contribution in [1.82, 2.24) is 65.5 Å². The molecule has 0 saturated carbocycles. The van der Waals surface area contributed by atoms with Gasteiger partial charge in [-0.3, -0.25) is 79.6 Å². The summed E-state index contributed by atoms with van der Waals surface area (Å²) in [7, 11) is 0. The van der Waals surface area contributed by atoms with E-state index in [2.05, 4.69) is 122 Å². The normalized spacial score (nSPS) is 19.5. The molecule has 46 heteroatoms. The van der Waals surface area contributed by atoms with Crippen molar-refractivity contribution in [3.05, 3.63) is 244 Å². The summed E-state index contributed by atoms with van der Waals surface area (Å²) in [4.78, 5) is 149. The van der Waals surface area contributed by atoms with E-state index in [1.165, 1.54) is 53.1 Å². The molecule has 16 rings (SSSR count). The number of amides is 5. The number of benzene rings is 5. The summed E-state index contributed by atoms with van der Waals surface area (Å²) in [5.41, 5.74) is 17.2. The Kier molecular flexibility index (Phi) is 47.7. The fraction of sp³-hybridized carbons (Fsp3) is 0.500. The van der Waals surface area contributed by atoms with E-state index in [9.17, 15) is 69.2 Å². The molecule has 8 aliphatic rings. The smallest absolute Gasteiger partial charge is 0.415 e. The van der Waals surface area contributed by atoms with Crippen molar-refractivity contribution < 1.29 is 73.6 Å². The number of non-ortho nitro benzene ring substituents is 4. The van der Waals surface area contributed by atoms with Crippen molar-refractivity contribution in [3.63, 3.8) is 0 Å². The number of alkyl carbamates (subject to hydrolysis) is 2. The number of likely N-dealkylation sites (tertiary alicyclic amines) is 4. The molecule has 0 aliphatic carbocycles. The lowest BCUT2D eigenvalue weighted by Crippen LogP contribution is -2.40. The van der Waals surface area contributed by atoms with Crippen molar-refractivity contribution in [2.24, 2.45) is 23.5 Å². The molecule has 146 heavy (non-hydrogen) atoms. The van der Waals surface area contributed by atoms with Gasteiger partial charge in [-0.25, -0.2) is 43.9 Å². The van der Waals surface area contributed by atoms with Gasteiger partial charge in [0.1, 0.15) is 48.5 Å². The van der Waals surface area contributed by atoms with Crippen molar-refractivity contribution >= 4 is 128 Å². The van der Waals surface area contributed by atoms with Gasteiger partial charge in [-0.05, 0) is 185 Å². The standard InChI is InChI=1S/C21H26N6O4.C21H28N6O2.C16H23N3O4.C11H15N3O2.C10H12ClN3O2.C9H18N2O2.C7H6ClNO2.C3H3ClO.2CH4.H2/c1-14(2)18-13-31-21(28)26(18)19-7-9-22-20(24-19)23-16-8-10-25(12-16)11-15-3-5-17(6-4-15)27(29)30;1-14(2)18-13-29-21(28)27(18)19-7-9-23-20(25-19)24-17-8-10-26(12-17)11-15-3-5-16(22)6-4-15;1-16(2,3)23-15(20)17-13-8-9-18(11-13)10-12-4-6-14(7-5-12)19(21)22;12-10-5-6-13(8-10)7-9-1-3-11(4-2-9)14(15)16;1-6(2)7-5-16-10(15)14(7)8-3-4-12-9(11)13-8;1-9(2,3)13-8(12)11-7-4-5-10-6-7;8-5-6-1-3-7(4-2-6)9(10)11;1-2-3(4)5;;;/h3-7,9,14,16,18H,8,10-13H2,1-2H3,(H,22,23,24);3-7,9,14,17-18H,8,10-13,22H2,1-2H3,(H,23,24,25);4-7,13H,8-11H2,1-3H3,(H,17,20);1-4,10H,5-8,12H2;3-4,6-7H,5H2,1-2H3;7,10H,4-6H2,1-3H3,(H,11,12);1-4H,5H2;2H,1H2;2*1H4;1H/t16?,18-;17?,18-;;;7-;;;;;;/m11..1....../s1. The second-order valence-corrected chi connectivity index (χ2v) is 39.2. The molecule has 8 fully saturated rings. The van der Waals surface area contributed by atoms with Gasteiger partial charge < -0.3 is 61.7 Å². The van der Waals surface area contributed by atoms with Gasteiger partial charge in [-0.1, -0.05) is 124 Å². The molecule has 8 saturated heterocycles. The average molecular weight is 2090 g/mol. The predicted octanol–water partition coefficient (Wildman–Crippen LogP) is 17.4. The maximum absolute atomic E-state index is 12.2. The van der Waals surface area contributed by atoms with E-state index in [-0.39, 0.29) is 145 Å². The number of nitrogen functional groups attached to an aromatic ring is 1. The fourth-order valence-electron chi connectivity index (χ4n) is 16.0. The number of nitrogens with zero attached hydrogens (tertiary/aromatic N) is 17. The van der Waals surface area contributed by atoms with E-state index in [1.807, 2.05) is 79.7 Å². The number of halogens is 3. The Balaban J connectivity index is 0.000000266. The molecule has 43 nitrogen and oxygen atoms in total. The van der Waals surface area contributed by atoms with Crippen molar-refractivity contribution in [2.75, 3.05) is 116 Å². The number of anilines is 6. The first-order chi connectivity index (χ1) is 68.3. The number of nitrogens with two attached hydrogens (primary N) is 2. The molecule has 8 aromatic rings. The number of nitro benzene ring substituents is 4. The van der Waals surface area contributed by atoms with Crippen LogP contribution >= 0.6 is 34.8 Å². The lowest BCUT2D eigenvalue weighted by Gasteiger charge is -2.23. The van der Waals surface area contributed by atoms with Crippen molar-refractivity contribution in [2.45, 2.75) is 222 Å². The Morgan fingerprint density at radius 3 is 1.10 bits per heavy atom. The minimum absolute atomic E-state index is 0. The fourth-order valence-corrected chi connectivity index (χ4v) is 16.4. The Morgan fingerprint density at radius 1 is 0.486 bits per heavy atom. The number of alkyl halides is 1. The number of carbonyl (C=O) groups is 6. The lowest BCUT2D eigenvalue weighted by atomic mass is 10.0. The largest absolute Gasteiger partial charge is 0.447 e. The topological polar surface area (TPSA) is 533 Å². The quantitative estimate of drug-likeness (QED) is 0.00387. The summed E-state index contributed by atoms with van der Waals surface area (Å²) in [6.07, 6.45) is 8.93. The van der Waals surface area contributed by atoms with Crippen molar-refractivity contribution in [1.29, 1.82) is 0 Å². The molecule has 8 atom stereocenters. The van der Waals surface area contributed by atoms with Gasteiger partial charge in [-0.2, -0.15) is 9.97 Å². The number of carbonyl (C=O) groups excluding carboxylic acids is 6. The zero-order chi connectivity index (χ0) is 105. The molecule has 5 aromatic carbocycles. The minimum atomic E-state index is -0.509. The zero-order valence-corrected chi connectivity index (χ0v) is 85.3. The number of hydrogen-bond donors (Lipinski definition) is 7. The van der Waals surface area contributed by atoms with E-state index >= 15 is 0 Å². The number of ether oxygens (including phenoxy) is 5. The van der Waals surface area contributed by atoms with Crippen LogP contribution in [0.2, 0.25) is 5.28 Å². The van der Waals surface area contributed by atoms with Crippen LogP contribution in [0.15, 0.2) is 171 Å². The maximum Gasteiger partial charge on any atom is 0.415 e. The SMILES string of the molecule is C.C.C=CC(=O)Cl.CC(C)(C)OC(=O)NC1CCN(Cc2ccc([N+](=O)[O-])cc2)C1.CC(C)(C)OC(=O)NC1CCNC1.CC(C)[C@H]1COC(=O)N1c1ccnc(Cl)n1.CC(C)[C@H]1COC(=O)N1c1ccnc(NC2CCN(Cc3ccc(N)cc3)C2)n1.CC(C)[C@H]1COC(=O)N1c1ccnc(NC2CCN(Cc3ccc([N+](=O)[O-])cc3)C2)n1.NC1CCN(Cc2ccc([N+](=O)[O-])cc2)C1.O=[N+]([O-])c1ccc(CCl)cc1.[HH]. The summed E-state index contributed by atoms with van der Waals surface area (Å²) < 4.78 is 25.9. The van der Waals surface area contributed by atoms with E-state index in [1.54, 1.807) is 88.9 Å². The van der Waals surface area contributed by atoms with Gasteiger partial charge in [0.05, 0.1) is 37.8 Å². The Hall–Kier alpha value is -13.3. The molecular weight excluding hydrogens is 1950 g/mol. The molecule has 5 unspecified atom stereocenters. The molecular formula is C100H141Cl3N24O19. The van der Waals surface area contributed by atoms with Crippen LogP contribution in [0.1, 0.15) is 159 Å². The van der Waals surface area contributed by atoms with Crippen LogP contribution < -0.4 is 52.8 Å². The van der Waals surface area contributed by atoms with Gasteiger partial charge in [0.2, 0.25) is 22.4 Å². The average Bonchev–Trinajstić information content (AvgIpc) is 1.67. The van der Waals surface area contributed by atoms with Crippen LogP contribution in [-0.4, -0.2) is 250 Å². The number of nitro groups is 4. The minimum Gasteiger partial charge on any atom is -0.447 e. The molecule has 8 aliphatic heterocycles. The van der Waals surface area contributed by atoms with Gasteiger partial charge in [0, 0.05) is 195 Å². The monoisotopic (exact) mass is 2090 g/mol. The first kappa shape index (κ1) is 120. The number of nitrogens with one attached hydrogen (secondary N) is 5. The van der Waals surface area contributed by atoms with E-state index in [0.29, 0.717) is 67.5 Å². The maximum atomic E-state index is 12.2. The molecule has 9 N–H and O–H groups in total. The zero-order valence-electron chi connectivity index (χ0n) is 83.1. The number of aromatic nitrogens is 6. The first-order valence-corrected chi connectivity index (χ1v) is 48.7. The third kappa shape index (κ3) is 39.9. The summed E-state index contributed by atoms with van der Waals surface area (Å²) in [5, 5.41) is 57.4. The van der Waals surface area contributed by atoms with Crippen molar-refractivity contribution in [3.8, 4) is 0 Å². The number of allylic oxidation sites excluding steroid dienone is 1. The summed E-state index contributed by atoms with van der Waals surface area (Å²) in [5.74, 6) is 3.86. The second kappa shape index (κ2) is 58.2. The van der Waals surface area contributed by atoms with Crippen LogP contribution in [0.25, 0.3) is 0 Å². The molecule has 3 aromatic heterocycles. The second-order valence-electron chi connectivity index (χ2n) is 38.2. The number of hydrogen-bond acceptors (Lipinski definition) is 34. The summed E-state index contributed by atoms with van der Waals surface area (Å²) in [6.45, 7) is 39.8. The van der Waals surface area contributed by atoms with E-state index in [0.717, 1.165) is 151 Å². The lowest BCUT2D eigenvalue weighted by molar-refractivity contribution is -0.385. The van der Waals surface area contributed by atoms with Crippen LogP contribution in [-0.2, 0) is 60.5 Å². The predicted molar refractivity (Wildman–Crippen MR) is 564 cm³/mol. The first-order valence-electron chi connectivity index (χ1n) is 47.4. The van der Waals surface area contributed by atoms with Gasteiger partial charge in [-0.15, -0.1) is 11.6 Å². The third-order valence-electron chi connectivity index (χ3n) is 23.5. The highest BCUT2D eigenvalue weighted by Gasteiger charge is 2.41.